The highest BCUT2D eigenvalue weighted by atomic mass is 32.1. The number of hydrogen-bond acceptors (Lipinski definition) is 3. The highest BCUT2D eigenvalue weighted by molar-refractivity contribution is 7.07. The van der Waals surface area contributed by atoms with Crippen LogP contribution in [0.3, 0.4) is 0 Å². The summed E-state index contributed by atoms with van der Waals surface area (Å²) >= 11 is 1.67. The average molecular weight is 211 g/mol. The summed E-state index contributed by atoms with van der Waals surface area (Å²) < 4.78 is 0. The number of carbonyl (C=O) groups is 1. The molecule has 0 spiro atoms. The number of nitrogens with two attached hydrogens (primary N) is 1. The van der Waals surface area contributed by atoms with Gasteiger partial charge in [-0.05, 0) is 42.7 Å². The van der Waals surface area contributed by atoms with E-state index in [0.29, 0.717) is 12.8 Å². The first-order valence-electron chi connectivity index (χ1n) is 4.79. The summed E-state index contributed by atoms with van der Waals surface area (Å²) in [4.78, 5) is 11.5. The van der Waals surface area contributed by atoms with Crippen molar-refractivity contribution in [3.05, 3.63) is 22.4 Å². The van der Waals surface area contributed by atoms with E-state index in [-0.39, 0.29) is 11.3 Å². The second kappa shape index (κ2) is 4.71. The highest BCUT2D eigenvalue weighted by Crippen LogP contribution is 2.11. The molecule has 0 saturated heterocycles. The summed E-state index contributed by atoms with van der Waals surface area (Å²) in [6, 6.07) is 2.06. The van der Waals surface area contributed by atoms with Gasteiger partial charge < -0.3 is 5.73 Å². The van der Waals surface area contributed by atoms with Gasteiger partial charge in [-0.2, -0.15) is 11.3 Å². The summed E-state index contributed by atoms with van der Waals surface area (Å²) in [5, 5.41) is 4.12. The number of hydrogen-bond donors (Lipinski definition) is 1. The zero-order valence-electron chi connectivity index (χ0n) is 8.75. The van der Waals surface area contributed by atoms with Crippen molar-refractivity contribution in [2.24, 2.45) is 5.73 Å². The fraction of sp³-hybridized carbons (Fsp3) is 0.545. The Morgan fingerprint density at radius 2 is 2.29 bits per heavy atom. The van der Waals surface area contributed by atoms with Crippen LogP contribution in [0.4, 0.5) is 0 Å². The van der Waals surface area contributed by atoms with Gasteiger partial charge in [-0.25, -0.2) is 0 Å². The number of Topliss-reactive ketones (excluding diaryl/α,β-unsaturated/α-hetero) is 1. The van der Waals surface area contributed by atoms with Crippen LogP contribution in [-0.4, -0.2) is 11.3 Å². The highest BCUT2D eigenvalue weighted by Gasteiger charge is 2.15. The quantitative estimate of drug-likeness (QED) is 0.812. The van der Waals surface area contributed by atoms with Crippen LogP contribution in [0, 0.1) is 0 Å². The van der Waals surface area contributed by atoms with E-state index < -0.39 is 0 Å². The zero-order chi connectivity index (χ0) is 10.6. The van der Waals surface area contributed by atoms with E-state index >= 15 is 0 Å². The van der Waals surface area contributed by atoms with Gasteiger partial charge in [0.25, 0.3) is 0 Å². The lowest BCUT2D eigenvalue weighted by Gasteiger charge is -2.16. The largest absolute Gasteiger partial charge is 0.325 e. The third-order valence-corrected chi connectivity index (χ3v) is 2.66. The molecule has 1 aromatic heterocycles. The van der Waals surface area contributed by atoms with Gasteiger partial charge in [0.05, 0.1) is 0 Å². The Morgan fingerprint density at radius 3 is 2.79 bits per heavy atom. The molecule has 1 rings (SSSR count). The summed E-state index contributed by atoms with van der Waals surface area (Å²) in [6.45, 7) is 3.77. The van der Waals surface area contributed by atoms with E-state index in [1.165, 1.54) is 5.56 Å². The first-order chi connectivity index (χ1) is 6.47. The van der Waals surface area contributed by atoms with Crippen molar-refractivity contribution in [2.75, 3.05) is 0 Å². The third-order valence-electron chi connectivity index (χ3n) is 1.93. The number of rotatable bonds is 5. The molecular formula is C11H17NOS. The first-order valence-corrected chi connectivity index (χ1v) is 5.73. The van der Waals surface area contributed by atoms with Crippen LogP contribution in [0.15, 0.2) is 16.8 Å². The van der Waals surface area contributed by atoms with Crippen molar-refractivity contribution in [2.45, 2.75) is 38.6 Å². The van der Waals surface area contributed by atoms with Gasteiger partial charge >= 0.3 is 0 Å². The molecule has 0 atom stereocenters. The average Bonchev–Trinajstić information content (AvgIpc) is 2.49. The van der Waals surface area contributed by atoms with Gasteiger partial charge in [0.1, 0.15) is 5.78 Å². The van der Waals surface area contributed by atoms with Crippen LogP contribution in [0.2, 0.25) is 0 Å². The normalized spacial score (nSPS) is 11.6. The van der Waals surface area contributed by atoms with Crippen LogP contribution in [0.5, 0.6) is 0 Å². The summed E-state index contributed by atoms with van der Waals surface area (Å²) in [5.41, 5.74) is 6.65. The van der Waals surface area contributed by atoms with Crippen LogP contribution in [0.25, 0.3) is 0 Å². The molecule has 0 radical (unpaired) electrons. The fourth-order valence-electron chi connectivity index (χ4n) is 1.32. The molecule has 3 heteroatoms. The van der Waals surface area contributed by atoms with Crippen LogP contribution >= 0.6 is 11.3 Å². The molecule has 2 nitrogen and oxygen atoms in total. The van der Waals surface area contributed by atoms with E-state index in [0.717, 1.165) is 6.42 Å². The molecule has 0 aliphatic carbocycles. The third kappa shape index (κ3) is 4.53. The van der Waals surface area contributed by atoms with Crippen LogP contribution < -0.4 is 5.73 Å². The van der Waals surface area contributed by atoms with Crippen molar-refractivity contribution in [3.63, 3.8) is 0 Å². The summed E-state index contributed by atoms with van der Waals surface area (Å²) in [7, 11) is 0. The van der Waals surface area contributed by atoms with Crippen LogP contribution in [-0.2, 0) is 11.2 Å². The van der Waals surface area contributed by atoms with Gasteiger partial charge in [0.15, 0.2) is 0 Å². The molecular weight excluding hydrogens is 194 g/mol. The number of ketones is 1. The standard InChI is InChI=1S/C11H17NOS/c1-11(2,12)7-10(13)4-3-9-5-6-14-8-9/h5-6,8H,3-4,7,12H2,1-2H3. The molecule has 0 aromatic carbocycles. The van der Waals surface area contributed by atoms with E-state index in [9.17, 15) is 4.79 Å². The molecule has 0 unspecified atom stereocenters. The molecule has 78 valence electrons. The van der Waals surface area contributed by atoms with Gasteiger partial charge in [-0.1, -0.05) is 0 Å². The molecule has 0 aliphatic rings. The minimum Gasteiger partial charge on any atom is -0.325 e. The monoisotopic (exact) mass is 211 g/mol. The first kappa shape index (κ1) is 11.4. The van der Waals surface area contributed by atoms with Crippen molar-refractivity contribution in [1.29, 1.82) is 0 Å². The maximum absolute atomic E-state index is 11.5. The van der Waals surface area contributed by atoms with E-state index in [4.69, 9.17) is 5.73 Å². The lowest BCUT2D eigenvalue weighted by atomic mass is 9.96. The maximum Gasteiger partial charge on any atom is 0.135 e. The molecule has 2 N–H and O–H groups in total. The minimum absolute atomic E-state index is 0.253. The molecule has 14 heavy (non-hydrogen) atoms. The number of carbonyl (C=O) groups excluding carboxylic acids is 1. The van der Waals surface area contributed by atoms with Gasteiger partial charge in [-0.15, -0.1) is 0 Å². The Labute approximate surface area is 89.1 Å². The van der Waals surface area contributed by atoms with Crippen LogP contribution in [0.1, 0.15) is 32.3 Å². The van der Waals surface area contributed by atoms with Crippen molar-refractivity contribution >= 4 is 17.1 Å². The second-order valence-corrected chi connectivity index (χ2v) is 5.12. The minimum atomic E-state index is -0.369. The predicted molar refractivity (Wildman–Crippen MR) is 60.5 cm³/mol. The summed E-state index contributed by atoms with van der Waals surface area (Å²) in [6.07, 6.45) is 1.92. The molecule has 0 aliphatic heterocycles. The molecule has 1 heterocycles. The Balaban J connectivity index is 2.29. The zero-order valence-corrected chi connectivity index (χ0v) is 9.56. The van der Waals surface area contributed by atoms with Gasteiger partial charge in [0, 0.05) is 18.4 Å². The number of thiophene rings is 1. The van der Waals surface area contributed by atoms with Crippen molar-refractivity contribution in [3.8, 4) is 0 Å². The lowest BCUT2D eigenvalue weighted by molar-refractivity contribution is -0.119. The Bertz CT molecular complexity index is 285. The Hall–Kier alpha value is -0.670. The van der Waals surface area contributed by atoms with Gasteiger partial charge in [0.2, 0.25) is 0 Å². The lowest BCUT2D eigenvalue weighted by Crippen LogP contribution is -2.34. The molecule has 0 saturated carbocycles. The van der Waals surface area contributed by atoms with Gasteiger partial charge in [-0.3, -0.25) is 4.79 Å². The molecule has 0 amide bonds. The summed E-state index contributed by atoms with van der Waals surface area (Å²) in [5.74, 6) is 0.253. The molecule has 1 aromatic rings. The fourth-order valence-corrected chi connectivity index (χ4v) is 2.02. The van der Waals surface area contributed by atoms with E-state index in [2.05, 4.69) is 11.4 Å². The van der Waals surface area contributed by atoms with Crippen molar-refractivity contribution < 1.29 is 4.79 Å². The van der Waals surface area contributed by atoms with E-state index in [1.54, 1.807) is 11.3 Å². The Kier molecular flexibility index (Phi) is 3.84. The SMILES string of the molecule is CC(C)(N)CC(=O)CCc1ccsc1. The number of aryl methyl sites for hydroxylation is 1. The van der Waals surface area contributed by atoms with E-state index in [1.807, 2.05) is 19.2 Å². The topological polar surface area (TPSA) is 43.1 Å². The maximum atomic E-state index is 11.5. The molecule has 0 fully saturated rings. The smallest absolute Gasteiger partial charge is 0.135 e. The molecule has 0 bridgehead atoms. The van der Waals surface area contributed by atoms with Crippen molar-refractivity contribution in [1.82, 2.24) is 0 Å². The predicted octanol–water partition coefficient (Wildman–Crippen LogP) is 2.38. The Morgan fingerprint density at radius 1 is 1.57 bits per heavy atom. The second-order valence-electron chi connectivity index (χ2n) is 4.34.